The highest BCUT2D eigenvalue weighted by Crippen LogP contribution is 2.24. The number of benzene rings is 1. The number of nitrogens with two attached hydrogens (primary N) is 1. The van der Waals surface area contributed by atoms with E-state index in [1.54, 1.807) is 19.1 Å². The molecule has 3 heteroatoms. The maximum atomic E-state index is 13.7. The van der Waals surface area contributed by atoms with Crippen molar-refractivity contribution in [3.63, 3.8) is 0 Å². The molecule has 0 aromatic heterocycles. The minimum absolute atomic E-state index is 0.300. The Balaban J connectivity index is 2.51. The third kappa shape index (κ3) is 4.05. The fourth-order valence-electron chi connectivity index (χ4n) is 2.07. The average molecular weight is 255 g/mol. The summed E-state index contributed by atoms with van der Waals surface area (Å²) in [6, 6.07) is 2.79. The molecule has 1 aromatic rings. The lowest BCUT2D eigenvalue weighted by molar-refractivity contribution is 0.472. The van der Waals surface area contributed by atoms with Gasteiger partial charge in [0.15, 0.2) is 11.6 Å². The zero-order chi connectivity index (χ0) is 13.5. The normalized spacial score (nSPS) is 12.7. The van der Waals surface area contributed by atoms with Crippen LogP contribution in [0.1, 0.15) is 62.6 Å². The van der Waals surface area contributed by atoms with Gasteiger partial charge < -0.3 is 5.73 Å². The second-order valence-electron chi connectivity index (χ2n) is 4.91. The first-order chi connectivity index (χ1) is 8.57. The second-order valence-corrected chi connectivity index (χ2v) is 4.91. The van der Waals surface area contributed by atoms with Crippen molar-refractivity contribution >= 4 is 0 Å². The largest absolute Gasteiger partial charge is 0.324 e. The lowest BCUT2D eigenvalue weighted by Crippen LogP contribution is -2.13. The van der Waals surface area contributed by atoms with Crippen LogP contribution >= 0.6 is 0 Å². The van der Waals surface area contributed by atoms with Gasteiger partial charge in [0.05, 0.1) is 0 Å². The number of aryl methyl sites for hydroxylation is 1. The van der Waals surface area contributed by atoms with Crippen molar-refractivity contribution in [1.29, 1.82) is 0 Å². The number of halogens is 2. The Labute approximate surface area is 108 Å². The molecular formula is C15H23F2N. The van der Waals surface area contributed by atoms with E-state index < -0.39 is 17.7 Å². The Kier molecular flexibility index (Phi) is 6.27. The van der Waals surface area contributed by atoms with E-state index in [2.05, 4.69) is 6.92 Å². The van der Waals surface area contributed by atoms with Crippen LogP contribution < -0.4 is 5.73 Å². The minimum Gasteiger partial charge on any atom is -0.324 e. The lowest BCUT2D eigenvalue weighted by Gasteiger charge is -2.14. The van der Waals surface area contributed by atoms with Crippen molar-refractivity contribution in [3.8, 4) is 0 Å². The minimum atomic E-state index is -0.781. The molecule has 1 atom stereocenters. The highest BCUT2D eigenvalue weighted by Gasteiger charge is 2.16. The molecule has 0 aliphatic carbocycles. The first kappa shape index (κ1) is 15.1. The van der Waals surface area contributed by atoms with Gasteiger partial charge in [0.25, 0.3) is 0 Å². The lowest BCUT2D eigenvalue weighted by atomic mass is 9.99. The Bertz CT molecular complexity index is 377. The molecule has 18 heavy (non-hydrogen) atoms. The summed E-state index contributed by atoms with van der Waals surface area (Å²) in [5.41, 5.74) is 6.55. The monoisotopic (exact) mass is 255 g/mol. The summed E-state index contributed by atoms with van der Waals surface area (Å²) in [5.74, 6) is -1.55. The van der Waals surface area contributed by atoms with Crippen molar-refractivity contribution in [3.05, 3.63) is 34.9 Å². The second kappa shape index (κ2) is 7.47. The third-order valence-corrected chi connectivity index (χ3v) is 3.32. The van der Waals surface area contributed by atoms with E-state index in [9.17, 15) is 8.78 Å². The van der Waals surface area contributed by atoms with Crippen LogP contribution in [0.15, 0.2) is 12.1 Å². The molecule has 0 saturated heterocycles. The number of unbranched alkanes of at least 4 members (excludes halogenated alkanes) is 4. The molecule has 2 N–H and O–H groups in total. The summed E-state index contributed by atoms with van der Waals surface area (Å²) in [7, 11) is 0. The molecule has 1 aromatic carbocycles. The third-order valence-electron chi connectivity index (χ3n) is 3.32. The fourth-order valence-corrected chi connectivity index (χ4v) is 2.07. The van der Waals surface area contributed by atoms with Gasteiger partial charge in [-0.25, -0.2) is 8.78 Å². The van der Waals surface area contributed by atoms with Crippen LogP contribution in [-0.4, -0.2) is 0 Å². The number of hydrogen-bond acceptors (Lipinski definition) is 1. The summed E-state index contributed by atoms with van der Waals surface area (Å²) in [6.45, 7) is 3.72. The van der Waals surface area contributed by atoms with E-state index in [1.165, 1.54) is 19.3 Å². The highest BCUT2D eigenvalue weighted by atomic mass is 19.2. The van der Waals surface area contributed by atoms with Crippen LogP contribution in [0.4, 0.5) is 8.78 Å². The van der Waals surface area contributed by atoms with Crippen molar-refractivity contribution < 1.29 is 8.78 Å². The molecule has 0 bridgehead atoms. The molecular weight excluding hydrogens is 232 g/mol. The first-order valence-corrected chi connectivity index (χ1v) is 6.78. The first-order valence-electron chi connectivity index (χ1n) is 6.78. The average Bonchev–Trinajstić information content (AvgIpc) is 2.35. The molecule has 0 aliphatic rings. The molecule has 0 fully saturated rings. The Morgan fingerprint density at radius 3 is 2.39 bits per heavy atom. The predicted molar refractivity (Wildman–Crippen MR) is 71.4 cm³/mol. The Hall–Kier alpha value is -0.960. The van der Waals surface area contributed by atoms with Crippen LogP contribution in [0.5, 0.6) is 0 Å². The van der Waals surface area contributed by atoms with Crippen molar-refractivity contribution in [1.82, 2.24) is 0 Å². The predicted octanol–water partition coefficient (Wildman–Crippen LogP) is 4.63. The quantitative estimate of drug-likeness (QED) is 0.706. The number of rotatable bonds is 7. The van der Waals surface area contributed by atoms with E-state index in [4.69, 9.17) is 5.73 Å². The SMILES string of the molecule is CCCCCCCC(N)c1ccc(C)c(F)c1F. The van der Waals surface area contributed by atoms with Crippen LogP contribution in [0.25, 0.3) is 0 Å². The van der Waals surface area contributed by atoms with Crippen LogP contribution in [-0.2, 0) is 0 Å². The van der Waals surface area contributed by atoms with Gasteiger partial charge in [-0.2, -0.15) is 0 Å². The van der Waals surface area contributed by atoms with Gasteiger partial charge in [-0.05, 0) is 18.9 Å². The van der Waals surface area contributed by atoms with Crippen molar-refractivity contribution in [2.45, 2.75) is 58.4 Å². The molecule has 1 nitrogen and oxygen atoms in total. The number of hydrogen-bond donors (Lipinski definition) is 1. The summed E-state index contributed by atoms with van der Waals surface area (Å²) < 4.78 is 27.1. The molecule has 0 spiro atoms. The topological polar surface area (TPSA) is 26.0 Å². The van der Waals surface area contributed by atoms with E-state index in [1.807, 2.05) is 0 Å². The van der Waals surface area contributed by atoms with Crippen LogP contribution in [0.2, 0.25) is 0 Å². The summed E-state index contributed by atoms with van der Waals surface area (Å²) in [5, 5.41) is 0. The molecule has 0 amide bonds. The summed E-state index contributed by atoms with van der Waals surface area (Å²) in [4.78, 5) is 0. The van der Waals surface area contributed by atoms with Gasteiger partial charge in [0.1, 0.15) is 0 Å². The Morgan fingerprint density at radius 1 is 1.06 bits per heavy atom. The van der Waals surface area contributed by atoms with E-state index in [-0.39, 0.29) is 0 Å². The van der Waals surface area contributed by atoms with Gasteiger partial charge in [0, 0.05) is 11.6 Å². The molecule has 0 heterocycles. The highest BCUT2D eigenvalue weighted by molar-refractivity contribution is 5.27. The van der Waals surface area contributed by atoms with Crippen molar-refractivity contribution in [2.24, 2.45) is 5.73 Å². The molecule has 1 unspecified atom stereocenters. The Morgan fingerprint density at radius 2 is 1.72 bits per heavy atom. The fraction of sp³-hybridized carbons (Fsp3) is 0.600. The molecule has 0 aliphatic heterocycles. The van der Waals surface area contributed by atoms with E-state index >= 15 is 0 Å². The van der Waals surface area contributed by atoms with Gasteiger partial charge >= 0.3 is 0 Å². The smallest absolute Gasteiger partial charge is 0.163 e. The van der Waals surface area contributed by atoms with Crippen LogP contribution in [0, 0.1) is 18.6 Å². The molecule has 0 radical (unpaired) electrons. The molecule has 102 valence electrons. The van der Waals surface area contributed by atoms with Gasteiger partial charge in [-0.3, -0.25) is 0 Å². The molecule has 1 rings (SSSR count). The van der Waals surface area contributed by atoms with Crippen LogP contribution in [0.3, 0.4) is 0 Å². The van der Waals surface area contributed by atoms with Gasteiger partial charge in [0.2, 0.25) is 0 Å². The van der Waals surface area contributed by atoms with E-state index in [0.717, 1.165) is 12.8 Å². The molecule has 0 saturated carbocycles. The zero-order valence-electron chi connectivity index (χ0n) is 11.3. The maximum Gasteiger partial charge on any atom is 0.163 e. The standard InChI is InChI=1S/C15H23F2N/c1-3-4-5-6-7-8-13(18)12-10-9-11(2)14(16)15(12)17/h9-10,13H,3-8,18H2,1-2H3. The maximum absolute atomic E-state index is 13.7. The van der Waals surface area contributed by atoms with Crippen molar-refractivity contribution in [2.75, 3.05) is 0 Å². The summed E-state index contributed by atoms with van der Waals surface area (Å²) >= 11 is 0. The summed E-state index contributed by atoms with van der Waals surface area (Å²) in [6.07, 6.45) is 6.40. The van der Waals surface area contributed by atoms with Gasteiger partial charge in [-0.1, -0.05) is 51.2 Å². The zero-order valence-corrected chi connectivity index (χ0v) is 11.3. The van der Waals surface area contributed by atoms with E-state index in [0.29, 0.717) is 17.5 Å². The van der Waals surface area contributed by atoms with Gasteiger partial charge in [-0.15, -0.1) is 0 Å².